The van der Waals surface area contributed by atoms with Crippen molar-refractivity contribution in [2.24, 2.45) is 0 Å². The van der Waals surface area contributed by atoms with Crippen LogP contribution in [0.2, 0.25) is 0 Å². The first-order valence-electron chi connectivity index (χ1n) is 5.99. The van der Waals surface area contributed by atoms with Gasteiger partial charge in [0.25, 0.3) is 0 Å². The van der Waals surface area contributed by atoms with Crippen LogP contribution < -0.4 is 4.90 Å². The van der Waals surface area contributed by atoms with Gasteiger partial charge in [-0.25, -0.2) is 4.39 Å². The number of benzene rings is 1. The van der Waals surface area contributed by atoms with E-state index in [-0.39, 0.29) is 5.82 Å². The van der Waals surface area contributed by atoms with Crippen molar-refractivity contribution in [2.75, 3.05) is 31.2 Å². The highest BCUT2D eigenvalue weighted by Gasteiger charge is 2.19. The van der Waals surface area contributed by atoms with E-state index in [9.17, 15) is 9.50 Å². The van der Waals surface area contributed by atoms with E-state index >= 15 is 0 Å². The number of hydrogen-bond acceptors (Lipinski definition) is 3. The highest BCUT2D eigenvalue weighted by Crippen LogP contribution is 2.29. The number of aliphatic hydroxyl groups excluding tert-OH is 1. The van der Waals surface area contributed by atoms with Crippen LogP contribution in [0.1, 0.15) is 25.0 Å². The van der Waals surface area contributed by atoms with Crippen molar-refractivity contribution in [1.29, 1.82) is 0 Å². The summed E-state index contributed by atoms with van der Waals surface area (Å²) in [6.45, 7) is 4.56. The van der Waals surface area contributed by atoms with Gasteiger partial charge in [0, 0.05) is 30.9 Å². The molecule has 1 atom stereocenters. The third-order valence-electron chi connectivity index (χ3n) is 3.01. The molecule has 94 valence electrons. The zero-order valence-electron chi connectivity index (χ0n) is 10.0. The lowest BCUT2D eigenvalue weighted by molar-refractivity contribution is 0.152. The maximum absolute atomic E-state index is 13.7. The summed E-state index contributed by atoms with van der Waals surface area (Å²) in [7, 11) is 0. The van der Waals surface area contributed by atoms with Crippen LogP contribution in [0.5, 0.6) is 0 Å². The largest absolute Gasteiger partial charge is 0.389 e. The smallest absolute Gasteiger partial charge is 0.131 e. The molecule has 2 rings (SSSR count). The molecule has 17 heavy (non-hydrogen) atoms. The Morgan fingerprint density at radius 3 is 2.94 bits per heavy atom. The predicted octanol–water partition coefficient (Wildman–Crippen LogP) is 2.11. The third-order valence-corrected chi connectivity index (χ3v) is 3.01. The molecule has 0 bridgehead atoms. The molecule has 1 fully saturated rings. The van der Waals surface area contributed by atoms with Crippen LogP contribution >= 0.6 is 0 Å². The van der Waals surface area contributed by atoms with Gasteiger partial charge in [0.15, 0.2) is 0 Å². The molecule has 1 aliphatic rings. The van der Waals surface area contributed by atoms with Gasteiger partial charge in [0.05, 0.1) is 12.7 Å². The normalized spacial score (nSPS) is 18.9. The molecule has 1 heterocycles. The van der Waals surface area contributed by atoms with E-state index in [1.165, 1.54) is 6.07 Å². The molecule has 0 radical (unpaired) electrons. The van der Waals surface area contributed by atoms with Gasteiger partial charge in [-0.3, -0.25) is 0 Å². The molecule has 0 aromatic heterocycles. The predicted molar refractivity (Wildman–Crippen MR) is 64.7 cm³/mol. The van der Waals surface area contributed by atoms with Gasteiger partial charge < -0.3 is 14.7 Å². The molecule has 1 aromatic rings. The topological polar surface area (TPSA) is 32.7 Å². The maximum Gasteiger partial charge on any atom is 0.131 e. The van der Waals surface area contributed by atoms with Crippen LogP contribution in [0.15, 0.2) is 18.2 Å². The summed E-state index contributed by atoms with van der Waals surface area (Å²) in [5.41, 5.74) is 1.17. The molecule has 1 aliphatic heterocycles. The zero-order chi connectivity index (χ0) is 12.3. The molecular weight excluding hydrogens is 221 g/mol. The number of rotatable bonds is 2. The van der Waals surface area contributed by atoms with E-state index in [2.05, 4.69) is 4.90 Å². The summed E-state index contributed by atoms with van der Waals surface area (Å²) in [4.78, 5) is 2.08. The highest BCUT2D eigenvalue weighted by atomic mass is 19.1. The van der Waals surface area contributed by atoms with Gasteiger partial charge in [-0.2, -0.15) is 0 Å². The Labute approximate surface area is 101 Å². The van der Waals surface area contributed by atoms with E-state index in [0.717, 1.165) is 31.8 Å². The standard InChI is InChI=1S/C13H18FNO2/c1-10(16)13-11(14)4-2-5-12(13)15-6-3-8-17-9-7-15/h2,4-5,10,16H,3,6-9H2,1H3/t10-/m0/s1. The zero-order valence-corrected chi connectivity index (χ0v) is 10.0. The first-order valence-corrected chi connectivity index (χ1v) is 5.99. The van der Waals surface area contributed by atoms with E-state index in [1.807, 2.05) is 6.07 Å². The second-order valence-electron chi connectivity index (χ2n) is 4.30. The molecule has 1 aromatic carbocycles. The second kappa shape index (κ2) is 5.47. The van der Waals surface area contributed by atoms with Crippen LogP contribution in [0, 0.1) is 5.82 Å². The van der Waals surface area contributed by atoms with Crippen molar-refractivity contribution < 1.29 is 14.2 Å². The fourth-order valence-electron chi connectivity index (χ4n) is 2.20. The molecule has 1 N–H and O–H groups in total. The van der Waals surface area contributed by atoms with E-state index in [0.29, 0.717) is 12.2 Å². The Morgan fingerprint density at radius 2 is 2.18 bits per heavy atom. The lowest BCUT2D eigenvalue weighted by Gasteiger charge is -2.26. The van der Waals surface area contributed by atoms with Crippen LogP contribution in [-0.2, 0) is 4.74 Å². The molecule has 1 saturated heterocycles. The van der Waals surface area contributed by atoms with Gasteiger partial charge >= 0.3 is 0 Å². The van der Waals surface area contributed by atoms with Crippen molar-refractivity contribution in [2.45, 2.75) is 19.4 Å². The maximum atomic E-state index is 13.7. The van der Waals surface area contributed by atoms with Gasteiger partial charge in [-0.15, -0.1) is 0 Å². The summed E-state index contributed by atoms with van der Waals surface area (Å²) in [6, 6.07) is 4.93. The van der Waals surface area contributed by atoms with Gasteiger partial charge in [-0.1, -0.05) is 6.07 Å². The summed E-state index contributed by atoms with van der Waals surface area (Å²) >= 11 is 0. The van der Waals surface area contributed by atoms with Crippen LogP contribution in [-0.4, -0.2) is 31.4 Å². The van der Waals surface area contributed by atoms with Crippen molar-refractivity contribution >= 4 is 5.69 Å². The Morgan fingerprint density at radius 1 is 1.35 bits per heavy atom. The molecular formula is C13H18FNO2. The summed E-state index contributed by atoms with van der Waals surface area (Å²) in [5.74, 6) is -0.345. The molecule has 0 aliphatic carbocycles. The van der Waals surface area contributed by atoms with Crippen molar-refractivity contribution in [3.8, 4) is 0 Å². The minimum absolute atomic E-state index is 0.345. The monoisotopic (exact) mass is 239 g/mol. The Kier molecular flexibility index (Phi) is 3.97. The Bertz CT molecular complexity index is 374. The molecule has 0 spiro atoms. The SMILES string of the molecule is C[C@H](O)c1c(F)cccc1N1CCCOCC1. The average Bonchev–Trinajstić information content (AvgIpc) is 2.56. The van der Waals surface area contributed by atoms with Gasteiger partial charge in [-0.05, 0) is 25.5 Å². The fourth-order valence-corrected chi connectivity index (χ4v) is 2.20. The number of hydrogen-bond donors (Lipinski definition) is 1. The van der Waals surface area contributed by atoms with Crippen LogP contribution in [0.3, 0.4) is 0 Å². The van der Waals surface area contributed by atoms with Crippen LogP contribution in [0.4, 0.5) is 10.1 Å². The summed E-state index contributed by atoms with van der Waals surface area (Å²) in [5, 5.41) is 9.69. The minimum Gasteiger partial charge on any atom is -0.389 e. The number of aliphatic hydroxyl groups is 1. The summed E-state index contributed by atoms with van der Waals surface area (Å²) in [6.07, 6.45) is 0.130. The molecule has 0 amide bonds. The first-order chi connectivity index (χ1) is 8.20. The van der Waals surface area contributed by atoms with E-state index < -0.39 is 6.10 Å². The Balaban J connectivity index is 2.32. The lowest BCUT2D eigenvalue weighted by Crippen LogP contribution is -2.27. The minimum atomic E-state index is -0.796. The van der Waals surface area contributed by atoms with Crippen molar-refractivity contribution in [1.82, 2.24) is 0 Å². The van der Waals surface area contributed by atoms with Gasteiger partial charge in [0.2, 0.25) is 0 Å². The first kappa shape index (κ1) is 12.3. The van der Waals surface area contributed by atoms with Crippen LogP contribution in [0.25, 0.3) is 0 Å². The quantitative estimate of drug-likeness (QED) is 0.858. The molecule has 3 nitrogen and oxygen atoms in total. The molecule has 0 saturated carbocycles. The number of halogens is 1. The molecule has 0 unspecified atom stereocenters. The Hall–Kier alpha value is -1.13. The number of nitrogens with zero attached hydrogens (tertiary/aromatic N) is 1. The number of ether oxygens (including phenoxy) is 1. The van der Waals surface area contributed by atoms with Crippen molar-refractivity contribution in [3.05, 3.63) is 29.6 Å². The summed E-state index contributed by atoms with van der Waals surface area (Å²) < 4.78 is 19.1. The van der Waals surface area contributed by atoms with E-state index in [1.54, 1.807) is 13.0 Å². The average molecular weight is 239 g/mol. The molecule has 4 heteroatoms. The fraction of sp³-hybridized carbons (Fsp3) is 0.538. The van der Waals surface area contributed by atoms with E-state index in [4.69, 9.17) is 4.74 Å². The third kappa shape index (κ3) is 2.76. The van der Waals surface area contributed by atoms with Crippen molar-refractivity contribution in [3.63, 3.8) is 0 Å². The second-order valence-corrected chi connectivity index (χ2v) is 4.30. The lowest BCUT2D eigenvalue weighted by atomic mass is 10.1. The van der Waals surface area contributed by atoms with Gasteiger partial charge in [0.1, 0.15) is 5.82 Å². The number of anilines is 1. The highest BCUT2D eigenvalue weighted by molar-refractivity contribution is 5.55.